The van der Waals surface area contributed by atoms with E-state index >= 15 is 0 Å². The smallest absolute Gasteiger partial charge is 0.320 e. The van der Waals surface area contributed by atoms with Gasteiger partial charge in [-0.1, -0.05) is 12.1 Å². The molecule has 0 aliphatic heterocycles. The number of non-ortho nitro benzene ring substituents is 1. The molecule has 108 valence electrons. The number of hydrogen-bond acceptors (Lipinski definition) is 5. The van der Waals surface area contributed by atoms with Crippen LogP contribution in [0.3, 0.4) is 0 Å². The first-order chi connectivity index (χ1) is 9.40. The average molecular weight is 281 g/mol. The molecule has 0 aliphatic rings. The Bertz CT molecular complexity index is 518. The van der Waals surface area contributed by atoms with Crippen molar-refractivity contribution in [3.05, 3.63) is 39.9 Å². The third-order valence-corrected chi connectivity index (χ3v) is 2.65. The monoisotopic (exact) mass is 281 g/mol. The molecule has 0 aliphatic carbocycles. The van der Waals surface area contributed by atoms with E-state index in [2.05, 4.69) is 5.32 Å². The fourth-order valence-corrected chi connectivity index (χ4v) is 1.62. The van der Waals surface area contributed by atoms with Crippen LogP contribution in [0, 0.1) is 10.1 Å². The summed E-state index contributed by atoms with van der Waals surface area (Å²) in [5.74, 6) is -1.68. The molecule has 1 aromatic carbocycles. The minimum atomic E-state index is -1.10. The van der Waals surface area contributed by atoms with Gasteiger partial charge >= 0.3 is 5.97 Å². The van der Waals surface area contributed by atoms with E-state index in [1.807, 2.05) is 0 Å². The number of hydrogen-bond donors (Lipinski definition) is 3. The summed E-state index contributed by atoms with van der Waals surface area (Å²) in [6.45, 7) is 0.150. The van der Waals surface area contributed by atoms with Crippen molar-refractivity contribution in [2.45, 2.75) is 25.4 Å². The molecule has 4 N–H and O–H groups in total. The Morgan fingerprint density at radius 3 is 2.70 bits per heavy atom. The Hall–Kier alpha value is -2.48. The number of aliphatic carboxylic acids is 1. The SMILES string of the molecule is NC(=O)CCC(NCc1cccc([N+](=O)[O-])c1)C(=O)O. The van der Waals surface area contributed by atoms with Gasteiger partial charge in [-0.15, -0.1) is 0 Å². The summed E-state index contributed by atoms with van der Waals surface area (Å²) in [6.07, 6.45) is 0.0263. The molecule has 1 unspecified atom stereocenters. The van der Waals surface area contributed by atoms with E-state index in [1.165, 1.54) is 18.2 Å². The minimum absolute atomic E-state index is 0.0428. The van der Waals surface area contributed by atoms with E-state index in [0.717, 1.165) is 0 Å². The lowest BCUT2D eigenvalue weighted by molar-refractivity contribution is -0.384. The molecule has 0 aromatic heterocycles. The van der Waals surface area contributed by atoms with Crippen LogP contribution in [0.4, 0.5) is 5.69 Å². The van der Waals surface area contributed by atoms with E-state index in [0.29, 0.717) is 5.56 Å². The Morgan fingerprint density at radius 2 is 2.15 bits per heavy atom. The zero-order valence-electron chi connectivity index (χ0n) is 10.6. The maximum Gasteiger partial charge on any atom is 0.320 e. The number of carboxylic acid groups (broad SMARTS) is 1. The Labute approximate surface area is 114 Å². The Kier molecular flexibility index (Phi) is 5.60. The summed E-state index contributed by atoms with van der Waals surface area (Å²) >= 11 is 0. The molecular weight excluding hydrogens is 266 g/mol. The third kappa shape index (κ3) is 5.02. The number of nitrogens with one attached hydrogen (secondary N) is 1. The largest absolute Gasteiger partial charge is 0.480 e. The normalized spacial score (nSPS) is 11.8. The van der Waals surface area contributed by atoms with Crippen molar-refractivity contribution in [2.75, 3.05) is 0 Å². The van der Waals surface area contributed by atoms with Gasteiger partial charge in [0.1, 0.15) is 6.04 Å². The van der Waals surface area contributed by atoms with Crippen LogP contribution in [0.1, 0.15) is 18.4 Å². The molecule has 0 saturated carbocycles. The first-order valence-corrected chi connectivity index (χ1v) is 5.88. The number of benzene rings is 1. The van der Waals surface area contributed by atoms with Crippen LogP contribution in [0.5, 0.6) is 0 Å². The highest BCUT2D eigenvalue weighted by molar-refractivity contribution is 5.77. The number of rotatable bonds is 8. The molecule has 0 radical (unpaired) electrons. The zero-order valence-corrected chi connectivity index (χ0v) is 10.6. The van der Waals surface area contributed by atoms with Crippen molar-refractivity contribution in [1.82, 2.24) is 5.32 Å². The lowest BCUT2D eigenvalue weighted by Gasteiger charge is -2.13. The van der Waals surface area contributed by atoms with Crippen LogP contribution in [-0.4, -0.2) is 27.9 Å². The van der Waals surface area contributed by atoms with Gasteiger partial charge in [-0.05, 0) is 12.0 Å². The fraction of sp³-hybridized carbons (Fsp3) is 0.333. The van der Waals surface area contributed by atoms with E-state index in [9.17, 15) is 19.7 Å². The Morgan fingerprint density at radius 1 is 1.45 bits per heavy atom. The second kappa shape index (κ2) is 7.19. The standard InChI is InChI=1S/C12H15N3O5/c13-11(16)5-4-10(12(17)18)14-7-8-2-1-3-9(6-8)15(19)20/h1-3,6,10,14H,4-5,7H2,(H2,13,16)(H,17,18). The van der Waals surface area contributed by atoms with Crippen molar-refractivity contribution in [2.24, 2.45) is 5.73 Å². The van der Waals surface area contributed by atoms with Gasteiger partial charge in [0.05, 0.1) is 4.92 Å². The summed E-state index contributed by atoms with van der Waals surface area (Å²) in [7, 11) is 0. The predicted octanol–water partition coefficient (Wildman–Crippen LogP) is 0.403. The number of nitro groups is 1. The molecule has 0 fully saturated rings. The number of carboxylic acids is 1. The molecule has 1 atom stereocenters. The lowest BCUT2D eigenvalue weighted by Crippen LogP contribution is -2.37. The number of nitro benzene ring substituents is 1. The highest BCUT2D eigenvalue weighted by Crippen LogP contribution is 2.13. The maximum absolute atomic E-state index is 11.0. The van der Waals surface area contributed by atoms with E-state index < -0.39 is 22.8 Å². The van der Waals surface area contributed by atoms with Gasteiger partial charge < -0.3 is 16.2 Å². The van der Waals surface area contributed by atoms with Crippen LogP contribution >= 0.6 is 0 Å². The van der Waals surface area contributed by atoms with Gasteiger partial charge in [-0.2, -0.15) is 0 Å². The highest BCUT2D eigenvalue weighted by Gasteiger charge is 2.17. The summed E-state index contributed by atoms with van der Waals surface area (Å²) in [6, 6.07) is 4.95. The molecule has 1 rings (SSSR count). The van der Waals surface area contributed by atoms with E-state index in [4.69, 9.17) is 10.8 Å². The minimum Gasteiger partial charge on any atom is -0.480 e. The van der Waals surface area contributed by atoms with Crippen molar-refractivity contribution < 1.29 is 19.6 Å². The zero-order chi connectivity index (χ0) is 15.1. The fourth-order valence-electron chi connectivity index (χ4n) is 1.62. The van der Waals surface area contributed by atoms with Crippen LogP contribution in [0.15, 0.2) is 24.3 Å². The van der Waals surface area contributed by atoms with Gasteiger partial charge in [0.15, 0.2) is 0 Å². The molecule has 8 nitrogen and oxygen atoms in total. The number of primary amides is 1. The molecule has 0 heterocycles. The predicted molar refractivity (Wildman–Crippen MR) is 69.8 cm³/mol. The molecule has 1 aromatic rings. The number of carbonyl (C=O) groups excluding carboxylic acids is 1. The summed E-state index contributed by atoms with van der Waals surface area (Å²) in [4.78, 5) is 31.7. The summed E-state index contributed by atoms with van der Waals surface area (Å²) < 4.78 is 0. The quantitative estimate of drug-likeness (QED) is 0.466. The van der Waals surface area contributed by atoms with Gasteiger partial charge in [0, 0.05) is 25.1 Å². The van der Waals surface area contributed by atoms with E-state index in [1.54, 1.807) is 6.07 Å². The van der Waals surface area contributed by atoms with E-state index in [-0.39, 0.29) is 25.1 Å². The van der Waals surface area contributed by atoms with Crippen molar-refractivity contribution in [1.29, 1.82) is 0 Å². The van der Waals surface area contributed by atoms with Crippen molar-refractivity contribution in [3.8, 4) is 0 Å². The third-order valence-electron chi connectivity index (χ3n) is 2.65. The molecular formula is C12H15N3O5. The second-order valence-electron chi connectivity index (χ2n) is 4.20. The number of nitrogens with two attached hydrogens (primary N) is 1. The van der Waals surface area contributed by atoms with Gasteiger partial charge in [0.25, 0.3) is 5.69 Å². The first kappa shape index (κ1) is 15.6. The number of amides is 1. The molecule has 0 spiro atoms. The number of carbonyl (C=O) groups is 2. The van der Waals surface area contributed by atoms with Crippen LogP contribution in [-0.2, 0) is 16.1 Å². The number of nitrogens with zero attached hydrogens (tertiary/aromatic N) is 1. The van der Waals surface area contributed by atoms with Crippen LogP contribution < -0.4 is 11.1 Å². The lowest BCUT2D eigenvalue weighted by atomic mass is 10.1. The summed E-state index contributed by atoms with van der Waals surface area (Å²) in [5, 5.41) is 22.3. The van der Waals surface area contributed by atoms with Crippen LogP contribution in [0.25, 0.3) is 0 Å². The van der Waals surface area contributed by atoms with Gasteiger partial charge in [-0.25, -0.2) is 0 Å². The van der Waals surface area contributed by atoms with Crippen molar-refractivity contribution >= 4 is 17.6 Å². The topological polar surface area (TPSA) is 136 Å². The average Bonchev–Trinajstić information content (AvgIpc) is 2.38. The van der Waals surface area contributed by atoms with Crippen LogP contribution in [0.2, 0.25) is 0 Å². The molecule has 1 amide bonds. The highest BCUT2D eigenvalue weighted by atomic mass is 16.6. The van der Waals surface area contributed by atoms with Gasteiger partial charge in [0.2, 0.25) is 5.91 Å². The van der Waals surface area contributed by atoms with Crippen molar-refractivity contribution in [3.63, 3.8) is 0 Å². The first-order valence-electron chi connectivity index (χ1n) is 5.88. The second-order valence-corrected chi connectivity index (χ2v) is 4.20. The maximum atomic E-state index is 11.0. The molecule has 0 bridgehead atoms. The van der Waals surface area contributed by atoms with Gasteiger partial charge in [-0.3, -0.25) is 19.7 Å². The molecule has 0 saturated heterocycles. The molecule has 8 heteroatoms. The molecule has 20 heavy (non-hydrogen) atoms. The Balaban J connectivity index is 2.62. The summed E-state index contributed by atoms with van der Waals surface area (Å²) in [5.41, 5.74) is 5.49.